The van der Waals surface area contributed by atoms with Crippen LogP contribution in [0.15, 0.2) is 47.0 Å². The molecule has 0 radical (unpaired) electrons. The van der Waals surface area contributed by atoms with Crippen LogP contribution in [0.4, 0.5) is 8.78 Å². The first-order chi connectivity index (χ1) is 12.6. The zero-order chi connectivity index (χ0) is 18.5. The third kappa shape index (κ3) is 3.85. The van der Waals surface area contributed by atoms with Crippen molar-refractivity contribution in [2.24, 2.45) is 0 Å². The topological polar surface area (TPSA) is 74.5 Å². The molecule has 26 heavy (non-hydrogen) atoms. The molecule has 6 nitrogen and oxygen atoms in total. The van der Waals surface area contributed by atoms with Crippen molar-refractivity contribution in [3.05, 3.63) is 65.6 Å². The highest BCUT2D eigenvalue weighted by atomic mass is 19.1. The lowest BCUT2D eigenvalue weighted by Crippen LogP contribution is -2.08. The molecule has 0 spiro atoms. The molecule has 0 aliphatic rings. The van der Waals surface area contributed by atoms with Crippen molar-refractivity contribution >= 4 is 5.97 Å². The van der Waals surface area contributed by atoms with E-state index in [1.165, 1.54) is 0 Å². The fourth-order valence-corrected chi connectivity index (χ4v) is 2.22. The average molecular weight is 360 g/mol. The second-order valence-electron chi connectivity index (χ2n) is 5.14. The van der Waals surface area contributed by atoms with Gasteiger partial charge in [-0.3, -0.25) is 0 Å². The Balaban J connectivity index is 1.70. The SMILES string of the molecule is CCOc1ccccc1-c1noc(COC(=O)c2ccc(F)cc2F)n1. The molecule has 0 unspecified atom stereocenters. The summed E-state index contributed by atoms with van der Waals surface area (Å²) in [6.07, 6.45) is 0. The van der Waals surface area contributed by atoms with Crippen molar-refractivity contribution in [1.29, 1.82) is 0 Å². The number of aromatic nitrogens is 2. The Morgan fingerprint density at radius 1 is 1.19 bits per heavy atom. The van der Waals surface area contributed by atoms with Gasteiger partial charge in [-0.2, -0.15) is 4.98 Å². The summed E-state index contributed by atoms with van der Waals surface area (Å²) in [6.45, 7) is 1.98. The van der Waals surface area contributed by atoms with E-state index in [0.717, 1.165) is 12.1 Å². The van der Waals surface area contributed by atoms with Crippen LogP contribution in [0.25, 0.3) is 11.4 Å². The summed E-state index contributed by atoms with van der Waals surface area (Å²) in [5, 5.41) is 3.83. The van der Waals surface area contributed by atoms with Crippen LogP contribution in [0, 0.1) is 11.6 Å². The van der Waals surface area contributed by atoms with Crippen LogP contribution in [0.3, 0.4) is 0 Å². The maximum absolute atomic E-state index is 13.6. The first-order valence-electron chi connectivity index (χ1n) is 7.75. The summed E-state index contributed by atoms with van der Waals surface area (Å²) in [7, 11) is 0. The number of carbonyl (C=O) groups excluding carboxylic acids is 1. The van der Waals surface area contributed by atoms with Gasteiger partial charge in [-0.15, -0.1) is 0 Å². The van der Waals surface area contributed by atoms with Gasteiger partial charge in [0.25, 0.3) is 5.89 Å². The van der Waals surface area contributed by atoms with E-state index < -0.39 is 17.6 Å². The fourth-order valence-electron chi connectivity index (χ4n) is 2.22. The van der Waals surface area contributed by atoms with E-state index in [2.05, 4.69) is 10.1 Å². The lowest BCUT2D eigenvalue weighted by Gasteiger charge is -2.06. The molecule has 0 fully saturated rings. The molecule has 0 atom stereocenters. The molecule has 1 aromatic heterocycles. The highest BCUT2D eigenvalue weighted by Crippen LogP contribution is 2.27. The standard InChI is InChI=1S/C18H14F2N2O4/c1-2-24-15-6-4-3-5-13(15)17-21-16(26-22-17)10-25-18(23)12-8-7-11(19)9-14(12)20/h3-9H,2,10H2,1H3. The molecular weight excluding hydrogens is 346 g/mol. The zero-order valence-electron chi connectivity index (χ0n) is 13.7. The van der Waals surface area contributed by atoms with E-state index in [1.54, 1.807) is 18.2 Å². The number of hydrogen-bond acceptors (Lipinski definition) is 6. The molecule has 0 N–H and O–H groups in total. The van der Waals surface area contributed by atoms with Gasteiger partial charge in [-0.05, 0) is 31.2 Å². The average Bonchev–Trinajstić information content (AvgIpc) is 3.09. The van der Waals surface area contributed by atoms with Crippen molar-refractivity contribution in [2.45, 2.75) is 13.5 Å². The minimum absolute atomic E-state index is 0.0298. The summed E-state index contributed by atoms with van der Waals surface area (Å²) in [5.41, 5.74) is 0.244. The van der Waals surface area contributed by atoms with Crippen LogP contribution in [0.5, 0.6) is 5.75 Å². The zero-order valence-corrected chi connectivity index (χ0v) is 13.7. The van der Waals surface area contributed by atoms with E-state index in [0.29, 0.717) is 24.0 Å². The molecular formula is C18H14F2N2O4. The Labute approximate surface area is 147 Å². The number of hydrogen-bond donors (Lipinski definition) is 0. The van der Waals surface area contributed by atoms with Gasteiger partial charge in [0.1, 0.15) is 17.4 Å². The molecule has 0 aliphatic heterocycles. The van der Waals surface area contributed by atoms with Crippen LogP contribution < -0.4 is 4.74 Å². The summed E-state index contributed by atoms with van der Waals surface area (Å²) in [4.78, 5) is 16.0. The molecule has 3 rings (SSSR count). The van der Waals surface area contributed by atoms with Crippen LogP contribution in [-0.2, 0) is 11.3 Å². The maximum Gasteiger partial charge on any atom is 0.341 e. The minimum atomic E-state index is -1.01. The van der Waals surface area contributed by atoms with E-state index in [9.17, 15) is 13.6 Å². The predicted octanol–water partition coefficient (Wildman–Crippen LogP) is 3.77. The second-order valence-corrected chi connectivity index (χ2v) is 5.14. The number of ether oxygens (including phenoxy) is 2. The Morgan fingerprint density at radius 3 is 2.77 bits per heavy atom. The van der Waals surface area contributed by atoms with E-state index in [4.69, 9.17) is 14.0 Å². The highest BCUT2D eigenvalue weighted by molar-refractivity contribution is 5.89. The summed E-state index contributed by atoms with van der Waals surface area (Å²) in [6, 6.07) is 9.72. The van der Waals surface area contributed by atoms with Gasteiger partial charge in [0.05, 0.1) is 17.7 Å². The number of esters is 1. The number of benzene rings is 2. The lowest BCUT2D eigenvalue weighted by atomic mass is 10.2. The normalized spacial score (nSPS) is 10.6. The molecule has 1 heterocycles. The number of nitrogens with zero attached hydrogens (tertiary/aromatic N) is 2. The lowest BCUT2D eigenvalue weighted by molar-refractivity contribution is 0.0424. The first-order valence-corrected chi connectivity index (χ1v) is 7.75. The highest BCUT2D eigenvalue weighted by Gasteiger charge is 2.17. The molecule has 0 saturated carbocycles. The van der Waals surface area contributed by atoms with E-state index in [-0.39, 0.29) is 23.9 Å². The summed E-state index contributed by atoms with van der Waals surface area (Å²) >= 11 is 0. The third-order valence-electron chi connectivity index (χ3n) is 3.37. The Hall–Kier alpha value is -3.29. The molecule has 0 amide bonds. The van der Waals surface area contributed by atoms with E-state index in [1.807, 2.05) is 13.0 Å². The van der Waals surface area contributed by atoms with Gasteiger partial charge in [0.2, 0.25) is 5.82 Å². The summed E-state index contributed by atoms with van der Waals surface area (Å²) in [5.74, 6) is -1.86. The van der Waals surface area contributed by atoms with Crippen molar-refractivity contribution in [2.75, 3.05) is 6.61 Å². The molecule has 0 aliphatic carbocycles. The number of halogens is 2. The summed E-state index contributed by atoms with van der Waals surface area (Å²) < 4.78 is 41.9. The van der Waals surface area contributed by atoms with Gasteiger partial charge in [-0.25, -0.2) is 13.6 Å². The smallest absolute Gasteiger partial charge is 0.341 e. The molecule has 134 valence electrons. The minimum Gasteiger partial charge on any atom is -0.493 e. The van der Waals surface area contributed by atoms with Crippen molar-refractivity contribution < 1.29 is 27.6 Å². The third-order valence-corrected chi connectivity index (χ3v) is 3.37. The molecule has 3 aromatic rings. The van der Waals surface area contributed by atoms with Crippen molar-refractivity contribution in [3.63, 3.8) is 0 Å². The number of para-hydroxylation sites is 1. The van der Waals surface area contributed by atoms with Gasteiger partial charge in [0, 0.05) is 6.07 Å². The first kappa shape index (κ1) is 17.5. The molecule has 0 saturated heterocycles. The van der Waals surface area contributed by atoms with Gasteiger partial charge >= 0.3 is 5.97 Å². The van der Waals surface area contributed by atoms with E-state index >= 15 is 0 Å². The molecule has 8 heteroatoms. The van der Waals surface area contributed by atoms with Crippen LogP contribution in [0.1, 0.15) is 23.2 Å². The van der Waals surface area contributed by atoms with Crippen LogP contribution >= 0.6 is 0 Å². The number of carbonyl (C=O) groups is 1. The predicted molar refractivity (Wildman–Crippen MR) is 86.4 cm³/mol. The van der Waals surface area contributed by atoms with Crippen LogP contribution in [-0.4, -0.2) is 22.7 Å². The second kappa shape index (κ2) is 7.73. The van der Waals surface area contributed by atoms with Gasteiger partial charge in [0.15, 0.2) is 6.61 Å². The number of rotatable bonds is 6. The van der Waals surface area contributed by atoms with Gasteiger partial charge in [-0.1, -0.05) is 17.3 Å². The Bertz CT molecular complexity index is 927. The monoisotopic (exact) mass is 360 g/mol. The quantitative estimate of drug-likeness (QED) is 0.623. The molecule has 0 bridgehead atoms. The Kier molecular flexibility index (Phi) is 5.21. The Morgan fingerprint density at radius 2 is 2.00 bits per heavy atom. The largest absolute Gasteiger partial charge is 0.493 e. The molecule has 2 aromatic carbocycles. The fraction of sp³-hybridized carbons (Fsp3) is 0.167. The maximum atomic E-state index is 13.6. The van der Waals surface area contributed by atoms with Gasteiger partial charge < -0.3 is 14.0 Å². The van der Waals surface area contributed by atoms with Crippen LogP contribution in [0.2, 0.25) is 0 Å². The van der Waals surface area contributed by atoms with Crippen molar-refractivity contribution in [3.8, 4) is 17.1 Å². The van der Waals surface area contributed by atoms with Crippen molar-refractivity contribution in [1.82, 2.24) is 10.1 Å².